The average Bonchev–Trinajstić information content (AvgIpc) is 3.72. The van der Waals surface area contributed by atoms with Crippen LogP contribution < -0.4 is 0 Å². The van der Waals surface area contributed by atoms with Gasteiger partial charge in [0.05, 0.1) is 73.2 Å². The van der Waals surface area contributed by atoms with E-state index in [-0.39, 0.29) is 70.8 Å². The van der Waals surface area contributed by atoms with Gasteiger partial charge in [0.15, 0.2) is 32.8 Å². The molecule has 4 aliphatic rings. The number of rotatable bonds is 19. The molecule has 1 aromatic carbocycles. The quantitative estimate of drug-likeness (QED) is 0.0993. The van der Waals surface area contributed by atoms with Crippen molar-refractivity contribution in [3.8, 4) is 0 Å². The molecule has 60 heavy (non-hydrogen) atoms. The minimum Gasteiger partial charge on any atom is -0.414 e. The Bertz CT molecular complexity index is 1660. The fourth-order valence-electron chi connectivity index (χ4n) is 8.50. The summed E-state index contributed by atoms with van der Waals surface area (Å²) in [5, 5.41) is 0.0948. The summed E-state index contributed by atoms with van der Waals surface area (Å²) >= 11 is 0. The predicted molar refractivity (Wildman–Crippen MR) is 247 cm³/mol. The lowest BCUT2D eigenvalue weighted by Gasteiger charge is -2.42. The first kappa shape index (κ1) is 49.8. The van der Waals surface area contributed by atoms with Crippen molar-refractivity contribution < 1.29 is 41.0 Å². The molecule has 9 nitrogen and oxygen atoms in total. The van der Waals surface area contributed by atoms with E-state index in [2.05, 4.69) is 87.8 Å². The van der Waals surface area contributed by atoms with Crippen LogP contribution in [0.15, 0.2) is 53.5 Å². The molecule has 5 rings (SSSR count). The zero-order valence-electron chi connectivity index (χ0n) is 39.3. The fourth-order valence-corrected chi connectivity index (χ4v) is 12.5. The third kappa shape index (κ3) is 13.7. The van der Waals surface area contributed by atoms with Crippen molar-refractivity contribution in [3.05, 3.63) is 54.1 Å². The van der Waals surface area contributed by atoms with Gasteiger partial charge >= 0.3 is 0 Å². The highest BCUT2D eigenvalue weighted by atomic mass is 32.2. The summed E-state index contributed by atoms with van der Waals surface area (Å²) in [7, 11) is -7.80. The lowest BCUT2D eigenvalue weighted by atomic mass is 9.89. The number of hydrogen-bond donors (Lipinski definition) is 0. The normalized spacial score (nSPS) is 28.4. The topological polar surface area (TPSA) is 98.8 Å². The van der Waals surface area contributed by atoms with Gasteiger partial charge in [-0.05, 0) is 123 Å². The monoisotopic (exact) mass is 891 g/mol. The molecule has 4 fully saturated rings. The lowest BCUT2D eigenvalue weighted by Crippen LogP contribution is -2.48. The summed E-state index contributed by atoms with van der Waals surface area (Å²) < 4.78 is 73.9. The Kier molecular flexibility index (Phi) is 17.2. The van der Waals surface area contributed by atoms with Crippen molar-refractivity contribution in [3.63, 3.8) is 0 Å². The number of benzene rings is 1. The molecule has 0 N–H and O–H groups in total. The lowest BCUT2D eigenvalue weighted by molar-refractivity contribution is -0.184. The van der Waals surface area contributed by atoms with Gasteiger partial charge in [-0.3, -0.25) is 0 Å². The Balaban J connectivity index is 1.27. The SMILES string of the molecule is C=C1C[C@H](CCC2OCCCO2)O[C@H]1CC[C@H]1CCC(=C)[C@@H](C[C@@H]2O[C@H](C[C@@H](CO[Si](C)(C)C(C)(C)C)O[Si](C)(C)C(C)(C)C)C[C@H]2CS(=O)(=O)c2ccc(CC)cc2)O1. The Labute approximate surface area is 367 Å². The number of hydrogen-bond acceptors (Lipinski definition) is 9. The largest absolute Gasteiger partial charge is 0.414 e. The van der Waals surface area contributed by atoms with E-state index in [9.17, 15) is 8.42 Å². The highest BCUT2D eigenvalue weighted by Crippen LogP contribution is 2.43. The van der Waals surface area contributed by atoms with E-state index in [0.717, 1.165) is 87.7 Å². The van der Waals surface area contributed by atoms with Gasteiger partial charge in [0.1, 0.15) is 0 Å². The summed E-state index contributed by atoms with van der Waals surface area (Å²) in [4.78, 5) is 0.371. The Morgan fingerprint density at radius 2 is 1.43 bits per heavy atom. The van der Waals surface area contributed by atoms with Gasteiger partial charge in [0.25, 0.3) is 0 Å². The third-order valence-corrected chi connectivity index (χ3v) is 25.4. The van der Waals surface area contributed by atoms with Crippen LogP contribution in [0.4, 0.5) is 0 Å². The molecule has 0 bridgehead atoms. The molecule has 4 saturated heterocycles. The molecule has 4 aliphatic heterocycles. The third-order valence-electron chi connectivity index (χ3n) is 14.5. The molecule has 0 spiro atoms. The van der Waals surface area contributed by atoms with Crippen LogP contribution in [0.1, 0.15) is 125 Å². The van der Waals surface area contributed by atoms with Crippen LogP contribution >= 0.6 is 0 Å². The minimum absolute atomic E-state index is 0.0254. The van der Waals surface area contributed by atoms with E-state index in [4.69, 9.17) is 32.5 Å². The zero-order chi connectivity index (χ0) is 44.1. The highest BCUT2D eigenvalue weighted by molar-refractivity contribution is 7.91. The smallest absolute Gasteiger partial charge is 0.192 e. The zero-order valence-corrected chi connectivity index (χ0v) is 42.1. The van der Waals surface area contributed by atoms with E-state index in [1.165, 1.54) is 0 Å². The van der Waals surface area contributed by atoms with E-state index in [1.54, 1.807) is 12.1 Å². The van der Waals surface area contributed by atoms with Crippen molar-refractivity contribution >= 4 is 26.5 Å². The number of sulfone groups is 1. The molecule has 4 heterocycles. The first-order chi connectivity index (χ1) is 28.0. The van der Waals surface area contributed by atoms with Crippen LogP contribution in [0.25, 0.3) is 0 Å². The van der Waals surface area contributed by atoms with Crippen molar-refractivity contribution in [1.29, 1.82) is 0 Å². The van der Waals surface area contributed by atoms with E-state index in [1.807, 2.05) is 12.1 Å². The van der Waals surface area contributed by atoms with Crippen molar-refractivity contribution in [1.82, 2.24) is 0 Å². The van der Waals surface area contributed by atoms with Gasteiger partial charge in [-0.15, -0.1) is 0 Å². The molecular formula is C48H82O9SSi2. The second-order valence-electron chi connectivity index (χ2n) is 21.3. The molecule has 0 aliphatic carbocycles. The summed E-state index contributed by atoms with van der Waals surface area (Å²) in [5.41, 5.74) is 3.34. The molecule has 0 radical (unpaired) electrons. The molecular weight excluding hydrogens is 809 g/mol. The van der Waals surface area contributed by atoms with Crippen LogP contribution in [-0.2, 0) is 48.8 Å². The molecule has 0 aromatic heterocycles. The second-order valence-corrected chi connectivity index (χ2v) is 32.9. The molecule has 1 aromatic rings. The predicted octanol–water partition coefficient (Wildman–Crippen LogP) is 11.1. The van der Waals surface area contributed by atoms with Gasteiger partial charge < -0.3 is 32.5 Å². The van der Waals surface area contributed by atoms with Crippen LogP contribution in [0.5, 0.6) is 0 Å². The van der Waals surface area contributed by atoms with Gasteiger partial charge in [-0.1, -0.05) is 73.8 Å². The molecule has 342 valence electrons. The van der Waals surface area contributed by atoms with Gasteiger partial charge in [-0.25, -0.2) is 8.42 Å². The van der Waals surface area contributed by atoms with Crippen LogP contribution in [0, 0.1) is 5.92 Å². The summed E-state index contributed by atoms with van der Waals surface area (Å²) in [6, 6.07) is 7.38. The van der Waals surface area contributed by atoms with Crippen LogP contribution in [-0.4, -0.2) is 99.6 Å². The maximum Gasteiger partial charge on any atom is 0.192 e. The highest BCUT2D eigenvalue weighted by Gasteiger charge is 2.45. The Morgan fingerprint density at radius 1 is 0.800 bits per heavy atom. The molecule has 12 heteroatoms. The molecule has 8 atom stereocenters. The van der Waals surface area contributed by atoms with Crippen molar-refractivity contribution in [2.75, 3.05) is 25.6 Å². The maximum atomic E-state index is 14.1. The van der Waals surface area contributed by atoms with Crippen molar-refractivity contribution in [2.24, 2.45) is 5.92 Å². The van der Waals surface area contributed by atoms with Gasteiger partial charge in [0, 0.05) is 25.2 Å². The maximum absolute atomic E-state index is 14.1. The average molecular weight is 891 g/mol. The first-order valence-electron chi connectivity index (χ1n) is 23.1. The van der Waals surface area contributed by atoms with Gasteiger partial charge in [-0.2, -0.15) is 0 Å². The van der Waals surface area contributed by atoms with E-state index in [0.29, 0.717) is 30.8 Å². The summed E-state index contributed by atoms with van der Waals surface area (Å²) in [5.74, 6) is -0.174. The molecule has 0 unspecified atom stereocenters. The molecule has 0 saturated carbocycles. The van der Waals surface area contributed by atoms with Crippen LogP contribution in [0.3, 0.4) is 0 Å². The fraction of sp³-hybridized carbons (Fsp3) is 0.792. The summed E-state index contributed by atoms with van der Waals surface area (Å²) in [6.07, 6.45) is 9.09. The van der Waals surface area contributed by atoms with E-state index < -0.39 is 26.5 Å². The number of ether oxygens (including phenoxy) is 5. The minimum atomic E-state index is -3.57. The standard InChI is InChI=1S/C48H82O9SSi2/c1-14-36-17-22-42(23-18-36)58(49,50)33-37-29-40(30-41(57-60(12,13)48(7,8)9)32-53-59(10,11)47(4,5)6)56-45(37)31-44-34(2)16-19-38(54-44)20-24-43-35(3)28-39(55-43)21-25-46-51-26-15-27-52-46/h17-18,22-23,37-41,43-46H,2-3,14-16,19-21,24-33H2,1,4-13H3/t37-,38+,39-,40-,41-,43-,44+,45-/m0/s1. The van der Waals surface area contributed by atoms with Crippen molar-refractivity contribution in [2.45, 2.75) is 216 Å². The van der Waals surface area contributed by atoms with Gasteiger partial charge in [0.2, 0.25) is 0 Å². The summed E-state index contributed by atoms with van der Waals surface area (Å²) in [6.45, 7) is 35.7. The number of aryl methyl sites for hydroxylation is 1. The Hall–Kier alpha value is -1.20. The van der Waals surface area contributed by atoms with Crippen LogP contribution in [0.2, 0.25) is 36.3 Å². The van der Waals surface area contributed by atoms with E-state index >= 15 is 0 Å². The Morgan fingerprint density at radius 3 is 2.07 bits per heavy atom. The molecule has 0 amide bonds. The first-order valence-corrected chi connectivity index (χ1v) is 30.6. The second kappa shape index (κ2) is 20.8.